The van der Waals surface area contributed by atoms with E-state index in [0.717, 1.165) is 19.3 Å². The Balaban J connectivity index is 2.50. The molecule has 5 heteroatoms. The highest BCUT2D eigenvalue weighted by Gasteiger charge is 2.43. The van der Waals surface area contributed by atoms with Crippen molar-refractivity contribution in [3.8, 4) is 0 Å². The minimum atomic E-state index is -0.935. The topological polar surface area (TPSA) is 92.4 Å². The molecule has 1 fully saturated rings. The molecule has 1 aliphatic carbocycles. The van der Waals surface area contributed by atoms with E-state index in [4.69, 9.17) is 10.8 Å². The Morgan fingerprint density at radius 1 is 1.44 bits per heavy atom. The molecule has 1 aliphatic rings. The molecule has 0 aromatic heterocycles. The maximum Gasteiger partial charge on any atom is 0.310 e. The Bertz CT molecular complexity index is 290. The van der Waals surface area contributed by atoms with Gasteiger partial charge in [0.1, 0.15) is 0 Å². The van der Waals surface area contributed by atoms with Crippen molar-refractivity contribution in [1.29, 1.82) is 0 Å². The fourth-order valence-corrected chi connectivity index (χ4v) is 1.69. The highest BCUT2D eigenvalue weighted by molar-refractivity contribution is 5.84. The zero-order chi connectivity index (χ0) is 12.4. The Labute approximate surface area is 95.4 Å². The van der Waals surface area contributed by atoms with Crippen molar-refractivity contribution in [2.24, 2.45) is 16.6 Å². The largest absolute Gasteiger partial charge is 0.481 e. The molecule has 5 nitrogen and oxygen atoms in total. The molecule has 0 unspecified atom stereocenters. The molecule has 0 radical (unpaired) electrons. The van der Waals surface area contributed by atoms with E-state index in [-0.39, 0.29) is 12.5 Å². The summed E-state index contributed by atoms with van der Waals surface area (Å²) in [6.45, 7) is 3.66. The molecule has 0 aromatic carbocycles. The lowest BCUT2D eigenvalue weighted by Crippen LogP contribution is -2.52. The zero-order valence-electron chi connectivity index (χ0n) is 9.88. The summed E-state index contributed by atoms with van der Waals surface area (Å²) in [5, 5.41) is 11.6. The monoisotopic (exact) mass is 228 g/mol. The van der Waals surface area contributed by atoms with Gasteiger partial charge in [-0.05, 0) is 26.7 Å². The highest BCUT2D eigenvalue weighted by Crippen LogP contribution is 2.40. The van der Waals surface area contributed by atoms with Gasteiger partial charge in [-0.2, -0.15) is 0 Å². The van der Waals surface area contributed by atoms with Crippen LogP contribution in [0.15, 0.2) is 0 Å². The first kappa shape index (κ1) is 13.0. The number of hydrogen-bond acceptors (Lipinski definition) is 3. The number of rotatable bonds is 5. The molecular weight excluding hydrogens is 208 g/mol. The smallest absolute Gasteiger partial charge is 0.310 e. The standard InChI is InChI=1S/C11H20N2O3/c1-10(2,9(15)16)7-13-8(14)11(6-12)4-3-5-11/h3-7,12H2,1-2H3,(H,13,14)(H,15,16). The summed E-state index contributed by atoms with van der Waals surface area (Å²) in [6, 6.07) is 0. The molecule has 0 aliphatic heterocycles. The van der Waals surface area contributed by atoms with Crippen molar-refractivity contribution in [2.75, 3.05) is 13.1 Å². The van der Waals surface area contributed by atoms with Gasteiger partial charge in [-0.15, -0.1) is 0 Å². The first-order chi connectivity index (χ1) is 7.34. The quantitative estimate of drug-likeness (QED) is 0.632. The van der Waals surface area contributed by atoms with Crippen LogP contribution in [0.1, 0.15) is 33.1 Å². The van der Waals surface area contributed by atoms with Crippen LogP contribution in [-0.2, 0) is 9.59 Å². The third-order valence-corrected chi connectivity index (χ3v) is 3.45. The van der Waals surface area contributed by atoms with E-state index >= 15 is 0 Å². The fraction of sp³-hybridized carbons (Fsp3) is 0.818. The van der Waals surface area contributed by atoms with E-state index in [1.165, 1.54) is 0 Å². The third-order valence-electron chi connectivity index (χ3n) is 3.45. The van der Waals surface area contributed by atoms with E-state index in [2.05, 4.69) is 5.32 Å². The molecular formula is C11H20N2O3. The van der Waals surface area contributed by atoms with Gasteiger partial charge in [0.25, 0.3) is 0 Å². The molecule has 1 saturated carbocycles. The number of amides is 1. The lowest BCUT2D eigenvalue weighted by Gasteiger charge is -2.39. The predicted octanol–water partition coefficient (Wildman–Crippen LogP) is 0.342. The molecule has 4 N–H and O–H groups in total. The maximum absolute atomic E-state index is 11.9. The molecule has 16 heavy (non-hydrogen) atoms. The Hall–Kier alpha value is -1.10. The van der Waals surface area contributed by atoms with Crippen molar-refractivity contribution >= 4 is 11.9 Å². The number of carbonyl (C=O) groups excluding carboxylic acids is 1. The second-order valence-electron chi connectivity index (χ2n) is 5.21. The molecule has 0 spiro atoms. The third kappa shape index (κ3) is 2.35. The summed E-state index contributed by atoms with van der Waals surface area (Å²) in [4.78, 5) is 22.7. The number of nitrogens with two attached hydrogens (primary N) is 1. The molecule has 0 bridgehead atoms. The van der Waals surface area contributed by atoms with Crippen LogP contribution in [0.5, 0.6) is 0 Å². The van der Waals surface area contributed by atoms with Gasteiger partial charge in [-0.3, -0.25) is 9.59 Å². The van der Waals surface area contributed by atoms with Gasteiger partial charge >= 0.3 is 5.97 Å². The maximum atomic E-state index is 11.9. The molecule has 1 rings (SSSR count). The minimum Gasteiger partial charge on any atom is -0.481 e. The van der Waals surface area contributed by atoms with Gasteiger partial charge in [0.15, 0.2) is 0 Å². The number of carboxylic acids is 1. The van der Waals surface area contributed by atoms with Crippen LogP contribution in [0.3, 0.4) is 0 Å². The Morgan fingerprint density at radius 2 is 2.00 bits per heavy atom. The van der Waals surface area contributed by atoms with Gasteiger partial charge in [0, 0.05) is 13.1 Å². The zero-order valence-corrected chi connectivity index (χ0v) is 9.88. The summed E-state index contributed by atoms with van der Waals surface area (Å²) >= 11 is 0. The van der Waals surface area contributed by atoms with Crippen molar-refractivity contribution in [3.05, 3.63) is 0 Å². The van der Waals surface area contributed by atoms with E-state index in [1.807, 2.05) is 0 Å². The number of carboxylic acid groups (broad SMARTS) is 1. The summed E-state index contributed by atoms with van der Waals surface area (Å²) in [5.74, 6) is -1.02. The van der Waals surface area contributed by atoms with Crippen LogP contribution >= 0.6 is 0 Å². The first-order valence-corrected chi connectivity index (χ1v) is 5.56. The summed E-state index contributed by atoms with van der Waals surface area (Å²) < 4.78 is 0. The lowest BCUT2D eigenvalue weighted by atomic mass is 9.68. The van der Waals surface area contributed by atoms with Crippen LogP contribution in [0.25, 0.3) is 0 Å². The molecule has 92 valence electrons. The summed E-state index contributed by atoms with van der Waals surface area (Å²) in [7, 11) is 0. The second-order valence-corrected chi connectivity index (χ2v) is 5.21. The second kappa shape index (κ2) is 4.41. The average Bonchev–Trinajstić information content (AvgIpc) is 2.14. The Morgan fingerprint density at radius 3 is 2.31 bits per heavy atom. The Kier molecular flexibility index (Phi) is 3.57. The van der Waals surface area contributed by atoms with Crippen molar-refractivity contribution in [3.63, 3.8) is 0 Å². The number of nitrogens with one attached hydrogen (secondary N) is 1. The normalized spacial score (nSPS) is 18.7. The summed E-state index contributed by atoms with van der Waals surface area (Å²) in [5.41, 5.74) is 4.22. The van der Waals surface area contributed by atoms with Gasteiger partial charge in [0.05, 0.1) is 10.8 Å². The summed E-state index contributed by atoms with van der Waals surface area (Å²) in [6.07, 6.45) is 2.64. The van der Waals surface area contributed by atoms with Crippen molar-refractivity contribution in [2.45, 2.75) is 33.1 Å². The van der Waals surface area contributed by atoms with Gasteiger partial charge in [0.2, 0.25) is 5.91 Å². The lowest BCUT2D eigenvalue weighted by molar-refractivity contribution is -0.147. The SMILES string of the molecule is CC(C)(CNC(=O)C1(CN)CCC1)C(=O)O. The molecule has 0 saturated heterocycles. The molecule has 0 heterocycles. The first-order valence-electron chi connectivity index (χ1n) is 5.56. The molecule has 0 aromatic rings. The molecule has 0 atom stereocenters. The van der Waals surface area contributed by atoms with Crippen molar-refractivity contribution in [1.82, 2.24) is 5.32 Å². The fourth-order valence-electron chi connectivity index (χ4n) is 1.69. The van der Waals surface area contributed by atoms with Gasteiger partial charge in [-0.1, -0.05) is 6.42 Å². The van der Waals surface area contributed by atoms with Crippen LogP contribution < -0.4 is 11.1 Å². The van der Waals surface area contributed by atoms with E-state index in [1.54, 1.807) is 13.8 Å². The van der Waals surface area contributed by atoms with Crippen molar-refractivity contribution < 1.29 is 14.7 Å². The van der Waals surface area contributed by atoms with Crippen LogP contribution in [0.4, 0.5) is 0 Å². The van der Waals surface area contributed by atoms with E-state index in [9.17, 15) is 9.59 Å². The van der Waals surface area contributed by atoms with Crippen LogP contribution in [-0.4, -0.2) is 30.1 Å². The van der Waals surface area contributed by atoms with Gasteiger partial charge in [-0.25, -0.2) is 0 Å². The number of hydrogen-bond donors (Lipinski definition) is 3. The number of carbonyl (C=O) groups is 2. The van der Waals surface area contributed by atoms with Gasteiger partial charge < -0.3 is 16.2 Å². The van der Waals surface area contributed by atoms with Crippen LogP contribution in [0.2, 0.25) is 0 Å². The van der Waals surface area contributed by atoms with Crippen LogP contribution in [0, 0.1) is 10.8 Å². The average molecular weight is 228 g/mol. The van der Waals surface area contributed by atoms with E-state index < -0.39 is 16.8 Å². The predicted molar refractivity (Wildman–Crippen MR) is 59.8 cm³/mol. The highest BCUT2D eigenvalue weighted by atomic mass is 16.4. The minimum absolute atomic E-state index is 0.101. The van der Waals surface area contributed by atoms with E-state index in [0.29, 0.717) is 6.54 Å². The number of aliphatic carboxylic acids is 1. The molecule has 1 amide bonds.